The Morgan fingerprint density at radius 1 is 1.29 bits per heavy atom. The summed E-state index contributed by atoms with van der Waals surface area (Å²) in [5.74, 6) is -0.405. The fourth-order valence-electron chi connectivity index (χ4n) is 2.45. The zero-order valence-electron chi connectivity index (χ0n) is 9.71. The van der Waals surface area contributed by atoms with E-state index < -0.39 is 18.0 Å². The SMILES string of the molecule is O=C(c1ccco1)[C@H](O)[C@H](O)C1CCCCC1. The van der Waals surface area contributed by atoms with Crippen molar-refractivity contribution in [3.05, 3.63) is 24.2 Å². The highest BCUT2D eigenvalue weighted by molar-refractivity contribution is 5.97. The minimum Gasteiger partial charge on any atom is -0.461 e. The van der Waals surface area contributed by atoms with Crippen LogP contribution in [0.25, 0.3) is 0 Å². The quantitative estimate of drug-likeness (QED) is 0.784. The summed E-state index contributed by atoms with van der Waals surface area (Å²) in [5, 5.41) is 19.8. The summed E-state index contributed by atoms with van der Waals surface area (Å²) in [4.78, 5) is 11.8. The van der Waals surface area contributed by atoms with Crippen molar-refractivity contribution in [2.75, 3.05) is 0 Å². The van der Waals surface area contributed by atoms with Gasteiger partial charge in [-0.25, -0.2) is 0 Å². The molecule has 1 saturated carbocycles. The first-order valence-electron chi connectivity index (χ1n) is 6.14. The molecule has 2 N–H and O–H groups in total. The Labute approximate surface area is 100 Å². The van der Waals surface area contributed by atoms with E-state index in [-0.39, 0.29) is 11.7 Å². The smallest absolute Gasteiger partial charge is 0.228 e. The van der Waals surface area contributed by atoms with Gasteiger partial charge in [0.1, 0.15) is 6.10 Å². The topological polar surface area (TPSA) is 70.7 Å². The fourth-order valence-corrected chi connectivity index (χ4v) is 2.45. The lowest BCUT2D eigenvalue weighted by Gasteiger charge is -2.28. The van der Waals surface area contributed by atoms with Crippen molar-refractivity contribution in [1.82, 2.24) is 0 Å². The van der Waals surface area contributed by atoms with Gasteiger partial charge in [-0.1, -0.05) is 19.3 Å². The summed E-state index contributed by atoms with van der Waals surface area (Å²) < 4.78 is 4.93. The van der Waals surface area contributed by atoms with Crippen molar-refractivity contribution in [3.8, 4) is 0 Å². The molecule has 1 aliphatic carbocycles. The molecule has 4 heteroatoms. The average molecular weight is 238 g/mol. The average Bonchev–Trinajstić information content (AvgIpc) is 2.91. The second kappa shape index (κ2) is 5.47. The van der Waals surface area contributed by atoms with Crippen LogP contribution in [0.5, 0.6) is 0 Å². The van der Waals surface area contributed by atoms with Crippen LogP contribution in [0, 0.1) is 5.92 Å². The van der Waals surface area contributed by atoms with Crippen LogP contribution >= 0.6 is 0 Å². The molecule has 0 aromatic carbocycles. The summed E-state index contributed by atoms with van der Waals surface area (Å²) in [5.41, 5.74) is 0. The molecule has 0 bridgehead atoms. The van der Waals surface area contributed by atoms with Crippen LogP contribution in [0.1, 0.15) is 42.7 Å². The summed E-state index contributed by atoms with van der Waals surface area (Å²) >= 11 is 0. The third-order valence-corrected chi connectivity index (χ3v) is 3.49. The molecular formula is C13H18O4. The van der Waals surface area contributed by atoms with E-state index in [1.165, 1.54) is 18.8 Å². The molecule has 2 atom stereocenters. The van der Waals surface area contributed by atoms with Gasteiger partial charge in [-0.05, 0) is 30.9 Å². The van der Waals surface area contributed by atoms with Gasteiger partial charge in [0.15, 0.2) is 5.76 Å². The molecule has 0 aliphatic heterocycles. The summed E-state index contributed by atoms with van der Waals surface area (Å²) in [7, 11) is 0. The van der Waals surface area contributed by atoms with E-state index in [1.54, 1.807) is 6.07 Å². The standard InChI is InChI=1S/C13H18O4/c14-11(9-5-2-1-3-6-9)13(16)12(15)10-7-4-8-17-10/h4,7-9,11,13-14,16H,1-3,5-6H2/t11-,13-/m1/s1. The molecule has 1 heterocycles. The number of aliphatic hydroxyl groups excluding tert-OH is 2. The second-order valence-corrected chi connectivity index (χ2v) is 4.68. The molecule has 17 heavy (non-hydrogen) atoms. The highest BCUT2D eigenvalue weighted by atomic mass is 16.4. The Kier molecular flexibility index (Phi) is 3.97. The van der Waals surface area contributed by atoms with Crippen LogP contribution in [0.4, 0.5) is 0 Å². The Hall–Kier alpha value is -1.13. The number of hydrogen-bond acceptors (Lipinski definition) is 4. The molecule has 1 fully saturated rings. The molecule has 94 valence electrons. The van der Waals surface area contributed by atoms with Crippen molar-refractivity contribution in [1.29, 1.82) is 0 Å². The minimum absolute atomic E-state index is 0.0256. The maximum absolute atomic E-state index is 11.8. The second-order valence-electron chi connectivity index (χ2n) is 4.68. The van der Waals surface area contributed by atoms with Crippen LogP contribution in [-0.4, -0.2) is 28.2 Å². The number of Topliss-reactive ketones (excluding diaryl/α,β-unsaturated/α-hetero) is 1. The van der Waals surface area contributed by atoms with Crippen LogP contribution in [0.15, 0.2) is 22.8 Å². The highest BCUT2D eigenvalue weighted by Crippen LogP contribution is 2.28. The normalized spacial score (nSPS) is 21.1. The number of aliphatic hydroxyl groups is 2. The predicted molar refractivity (Wildman–Crippen MR) is 61.6 cm³/mol. The van der Waals surface area contributed by atoms with Gasteiger partial charge in [0.05, 0.1) is 12.4 Å². The molecule has 0 saturated heterocycles. The molecular weight excluding hydrogens is 220 g/mol. The molecule has 1 aliphatic rings. The lowest BCUT2D eigenvalue weighted by Crippen LogP contribution is -2.40. The molecule has 0 unspecified atom stereocenters. The summed E-state index contributed by atoms with van der Waals surface area (Å²) in [6.45, 7) is 0. The van der Waals surface area contributed by atoms with E-state index in [9.17, 15) is 15.0 Å². The summed E-state index contributed by atoms with van der Waals surface area (Å²) in [6, 6.07) is 3.09. The monoisotopic (exact) mass is 238 g/mol. The van der Waals surface area contributed by atoms with Gasteiger partial charge < -0.3 is 14.6 Å². The number of ketones is 1. The zero-order chi connectivity index (χ0) is 12.3. The van der Waals surface area contributed by atoms with Gasteiger partial charge in [0.2, 0.25) is 5.78 Å². The van der Waals surface area contributed by atoms with E-state index in [0.29, 0.717) is 0 Å². The van der Waals surface area contributed by atoms with Crippen molar-refractivity contribution < 1.29 is 19.4 Å². The first kappa shape index (κ1) is 12.3. The Morgan fingerprint density at radius 3 is 2.59 bits per heavy atom. The number of carbonyl (C=O) groups excluding carboxylic acids is 1. The van der Waals surface area contributed by atoms with Crippen LogP contribution in [0.3, 0.4) is 0 Å². The van der Waals surface area contributed by atoms with E-state index in [1.807, 2.05) is 0 Å². The van der Waals surface area contributed by atoms with Gasteiger partial charge in [-0.3, -0.25) is 4.79 Å². The Morgan fingerprint density at radius 2 is 2.00 bits per heavy atom. The van der Waals surface area contributed by atoms with Crippen LogP contribution in [-0.2, 0) is 0 Å². The third kappa shape index (κ3) is 2.76. The maximum atomic E-state index is 11.8. The molecule has 1 aromatic heterocycles. The van der Waals surface area contributed by atoms with Gasteiger partial charge in [0.25, 0.3) is 0 Å². The first-order chi connectivity index (χ1) is 8.20. The van der Waals surface area contributed by atoms with Crippen LogP contribution < -0.4 is 0 Å². The predicted octanol–water partition coefficient (Wildman–Crippen LogP) is 1.76. The molecule has 2 rings (SSSR count). The number of rotatable bonds is 4. The maximum Gasteiger partial charge on any atom is 0.228 e. The van der Waals surface area contributed by atoms with Crippen LogP contribution in [0.2, 0.25) is 0 Å². The minimum atomic E-state index is -1.37. The van der Waals surface area contributed by atoms with Crippen molar-refractivity contribution >= 4 is 5.78 Å². The van der Waals surface area contributed by atoms with Crippen molar-refractivity contribution in [2.45, 2.75) is 44.3 Å². The lowest BCUT2D eigenvalue weighted by molar-refractivity contribution is -0.0169. The van der Waals surface area contributed by atoms with E-state index in [2.05, 4.69) is 0 Å². The van der Waals surface area contributed by atoms with Crippen molar-refractivity contribution in [3.63, 3.8) is 0 Å². The molecule has 0 radical (unpaired) electrons. The van der Waals surface area contributed by atoms with E-state index in [4.69, 9.17) is 4.42 Å². The molecule has 1 aromatic rings. The third-order valence-electron chi connectivity index (χ3n) is 3.49. The molecule has 4 nitrogen and oxygen atoms in total. The fraction of sp³-hybridized carbons (Fsp3) is 0.615. The van der Waals surface area contributed by atoms with Gasteiger partial charge in [0, 0.05) is 0 Å². The molecule has 0 spiro atoms. The Balaban J connectivity index is 1.98. The Bertz CT molecular complexity index is 352. The zero-order valence-corrected chi connectivity index (χ0v) is 9.71. The van der Waals surface area contributed by atoms with E-state index >= 15 is 0 Å². The van der Waals surface area contributed by atoms with Gasteiger partial charge >= 0.3 is 0 Å². The number of furan rings is 1. The van der Waals surface area contributed by atoms with E-state index in [0.717, 1.165) is 25.7 Å². The highest BCUT2D eigenvalue weighted by Gasteiger charge is 2.33. The summed E-state index contributed by atoms with van der Waals surface area (Å²) in [6.07, 6.45) is 4.08. The number of carbonyl (C=O) groups is 1. The lowest BCUT2D eigenvalue weighted by atomic mass is 9.82. The molecule has 0 amide bonds. The van der Waals surface area contributed by atoms with Gasteiger partial charge in [-0.2, -0.15) is 0 Å². The van der Waals surface area contributed by atoms with Gasteiger partial charge in [-0.15, -0.1) is 0 Å². The first-order valence-corrected chi connectivity index (χ1v) is 6.14. The van der Waals surface area contributed by atoms with Crippen molar-refractivity contribution in [2.24, 2.45) is 5.92 Å². The largest absolute Gasteiger partial charge is 0.461 e. The number of hydrogen-bond donors (Lipinski definition) is 2.